The molecule has 1 atom stereocenters. The van der Waals surface area contributed by atoms with Crippen molar-refractivity contribution in [3.05, 3.63) is 28.7 Å². The first-order valence-corrected chi connectivity index (χ1v) is 8.29. The van der Waals surface area contributed by atoms with E-state index < -0.39 is 10.0 Å². The molecule has 0 saturated carbocycles. The maximum atomic E-state index is 12.5. The van der Waals surface area contributed by atoms with Crippen molar-refractivity contribution < 1.29 is 13.6 Å². The highest BCUT2D eigenvalue weighted by atomic mass is 79.9. The van der Waals surface area contributed by atoms with Crippen LogP contribution in [0.4, 0.5) is 0 Å². The summed E-state index contributed by atoms with van der Waals surface area (Å²) in [5, 5.41) is 11.5. The summed E-state index contributed by atoms with van der Waals surface area (Å²) in [6.45, 7) is 3.90. The van der Waals surface area contributed by atoms with Crippen LogP contribution in [0.1, 0.15) is 13.8 Å². The molecule has 0 aromatic heterocycles. The number of rotatable bonds is 6. The Hall–Kier alpha value is -1.12. The smallest absolute Gasteiger partial charge is 0.243 e. The summed E-state index contributed by atoms with van der Waals surface area (Å²) < 4.78 is 27.0. The van der Waals surface area contributed by atoms with Gasteiger partial charge in [-0.05, 0) is 18.2 Å². The lowest BCUT2D eigenvalue weighted by atomic mass is 10.1. The van der Waals surface area contributed by atoms with Crippen molar-refractivity contribution in [3.8, 4) is 0 Å². The molecule has 0 aliphatic carbocycles. The van der Waals surface area contributed by atoms with E-state index in [9.17, 15) is 8.42 Å². The fourth-order valence-electron chi connectivity index (χ4n) is 1.67. The molecule has 0 aliphatic rings. The quantitative estimate of drug-likeness (QED) is 0.348. The van der Waals surface area contributed by atoms with E-state index in [1.807, 2.05) is 0 Å². The Labute approximate surface area is 127 Å². The summed E-state index contributed by atoms with van der Waals surface area (Å²) in [7, 11) is -3.60. The van der Waals surface area contributed by atoms with E-state index in [0.717, 1.165) is 0 Å². The molecule has 8 heteroatoms. The van der Waals surface area contributed by atoms with Gasteiger partial charge in [0.15, 0.2) is 0 Å². The largest absolute Gasteiger partial charge is 0.409 e. The Morgan fingerprint density at radius 1 is 1.55 bits per heavy atom. The van der Waals surface area contributed by atoms with Crippen molar-refractivity contribution >= 4 is 31.8 Å². The summed E-state index contributed by atoms with van der Waals surface area (Å²) in [6.07, 6.45) is 0. The summed E-state index contributed by atoms with van der Waals surface area (Å²) in [5.74, 6) is -0.366. The van der Waals surface area contributed by atoms with Gasteiger partial charge in [-0.3, -0.25) is 0 Å². The van der Waals surface area contributed by atoms with Crippen LogP contribution in [-0.4, -0.2) is 36.9 Å². The molecule has 6 nitrogen and oxygen atoms in total. The second kappa shape index (κ2) is 7.05. The van der Waals surface area contributed by atoms with Crippen LogP contribution in [0.2, 0.25) is 0 Å². The molecule has 0 bridgehead atoms. The monoisotopic (exact) mass is 363 g/mol. The minimum Gasteiger partial charge on any atom is -0.409 e. The third kappa shape index (κ3) is 3.94. The molecule has 0 radical (unpaired) electrons. The van der Waals surface area contributed by atoms with Gasteiger partial charge in [0.05, 0.1) is 4.90 Å². The van der Waals surface area contributed by atoms with E-state index in [4.69, 9.17) is 10.9 Å². The van der Waals surface area contributed by atoms with Crippen molar-refractivity contribution in [3.63, 3.8) is 0 Å². The molecule has 1 rings (SSSR count). The Morgan fingerprint density at radius 3 is 2.70 bits per heavy atom. The lowest BCUT2D eigenvalue weighted by molar-refractivity contribution is 0.311. The highest BCUT2D eigenvalue weighted by molar-refractivity contribution is 9.10. The molecule has 0 aliphatic heterocycles. The predicted molar refractivity (Wildman–Crippen MR) is 81.1 cm³/mol. The number of hydrogen-bond donors (Lipinski definition) is 2. The van der Waals surface area contributed by atoms with Crippen LogP contribution >= 0.6 is 15.9 Å². The molecule has 0 saturated heterocycles. The zero-order valence-corrected chi connectivity index (χ0v) is 13.7. The van der Waals surface area contributed by atoms with Gasteiger partial charge in [0.1, 0.15) is 5.84 Å². The Bertz CT molecular complexity index is 589. The van der Waals surface area contributed by atoms with Gasteiger partial charge in [0.2, 0.25) is 10.0 Å². The minimum atomic E-state index is -3.60. The van der Waals surface area contributed by atoms with Crippen LogP contribution < -0.4 is 5.73 Å². The third-order valence-electron chi connectivity index (χ3n) is 2.88. The number of benzene rings is 1. The van der Waals surface area contributed by atoms with Gasteiger partial charge in [-0.2, -0.15) is 4.31 Å². The van der Waals surface area contributed by atoms with E-state index in [1.54, 1.807) is 32.0 Å². The first-order valence-electron chi connectivity index (χ1n) is 6.06. The van der Waals surface area contributed by atoms with Crippen LogP contribution in [0.5, 0.6) is 0 Å². The Morgan fingerprint density at radius 2 is 2.20 bits per heavy atom. The van der Waals surface area contributed by atoms with Crippen LogP contribution in [0.15, 0.2) is 38.8 Å². The van der Waals surface area contributed by atoms with Crippen LogP contribution in [0, 0.1) is 5.92 Å². The average Bonchev–Trinajstić information content (AvgIpc) is 2.43. The van der Waals surface area contributed by atoms with Gasteiger partial charge < -0.3 is 10.9 Å². The lowest BCUT2D eigenvalue weighted by Gasteiger charge is -2.23. The maximum Gasteiger partial charge on any atom is 0.243 e. The highest BCUT2D eigenvalue weighted by Crippen LogP contribution is 2.20. The third-order valence-corrected chi connectivity index (χ3v) is 5.31. The second-order valence-corrected chi connectivity index (χ2v) is 7.19. The molecular formula is C12H18BrN3O3S. The first kappa shape index (κ1) is 16.9. The van der Waals surface area contributed by atoms with Gasteiger partial charge in [-0.25, -0.2) is 8.42 Å². The molecule has 1 unspecified atom stereocenters. The fourth-order valence-corrected chi connectivity index (χ4v) is 3.81. The molecule has 0 fully saturated rings. The zero-order valence-electron chi connectivity index (χ0n) is 11.3. The number of amidine groups is 1. The zero-order chi connectivity index (χ0) is 15.3. The Balaban J connectivity index is 3.05. The average molecular weight is 364 g/mol. The van der Waals surface area contributed by atoms with E-state index in [-0.39, 0.29) is 23.2 Å². The van der Waals surface area contributed by atoms with E-state index in [2.05, 4.69) is 21.1 Å². The van der Waals surface area contributed by atoms with Crippen molar-refractivity contribution in [2.24, 2.45) is 16.8 Å². The molecular weight excluding hydrogens is 346 g/mol. The van der Waals surface area contributed by atoms with Gasteiger partial charge >= 0.3 is 0 Å². The van der Waals surface area contributed by atoms with Crippen molar-refractivity contribution in [1.82, 2.24) is 4.31 Å². The molecule has 1 aromatic rings. The summed E-state index contributed by atoms with van der Waals surface area (Å²) in [4.78, 5) is 0.209. The van der Waals surface area contributed by atoms with Crippen molar-refractivity contribution in [1.29, 1.82) is 0 Å². The highest BCUT2D eigenvalue weighted by Gasteiger charge is 2.25. The molecule has 0 spiro atoms. The first-order chi connectivity index (χ1) is 9.32. The van der Waals surface area contributed by atoms with Crippen LogP contribution in [0.25, 0.3) is 0 Å². The number of hydrogen-bond acceptors (Lipinski definition) is 4. The van der Waals surface area contributed by atoms with Gasteiger partial charge in [0, 0.05) is 23.5 Å². The maximum absolute atomic E-state index is 12.5. The van der Waals surface area contributed by atoms with Crippen LogP contribution in [-0.2, 0) is 10.0 Å². The normalized spacial score (nSPS) is 14.5. The lowest BCUT2D eigenvalue weighted by Crippen LogP contribution is -2.38. The van der Waals surface area contributed by atoms with Crippen molar-refractivity contribution in [2.45, 2.75) is 18.7 Å². The fraction of sp³-hybridized carbons (Fsp3) is 0.417. The van der Waals surface area contributed by atoms with E-state index in [1.165, 1.54) is 10.4 Å². The molecule has 20 heavy (non-hydrogen) atoms. The van der Waals surface area contributed by atoms with Gasteiger partial charge in [0.25, 0.3) is 0 Å². The summed E-state index contributed by atoms with van der Waals surface area (Å²) in [5.41, 5.74) is 5.50. The molecule has 112 valence electrons. The second-order valence-electron chi connectivity index (χ2n) is 4.34. The topological polar surface area (TPSA) is 96.0 Å². The summed E-state index contributed by atoms with van der Waals surface area (Å²) >= 11 is 3.26. The SMILES string of the molecule is CCN(CC(C)C(N)=NO)S(=O)(=O)c1cccc(Br)c1. The molecule has 0 heterocycles. The Kier molecular flexibility index (Phi) is 5.97. The molecule has 1 aromatic carbocycles. The number of nitrogens with two attached hydrogens (primary N) is 1. The minimum absolute atomic E-state index is 0.00731. The van der Waals surface area contributed by atoms with Crippen LogP contribution in [0.3, 0.4) is 0 Å². The van der Waals surface area contributed by atoms with E-state index in [0.29, 0.717) is 11.0 Å². The van der Waals surface area contributed by atoms with Gasteiger partial charge in [-0.15, -0.1) is 0 Å². The van der Waals surface area contributed by atoms with Gasteiger partial charge in [-0.1, -0.05) is 41.0 Å². The number of oxime groups is 1. The predicted octanol–water partition coefficient (Wildman–Crippen LogP) is 1.84. The molecule has 0 amide bonds. The number of sulfonamides is 1. The standard InChI is InChI=1S/C12H18BrN3O3S/c1-3-16(8-9(2)12(14)15-17)20(18,19)11-6-4-5-10(13)7-11/h4-7,9,17H,3,8H2,1-2H3,(H2,14,15). The number of nitrogens with zero attached hydrogens (tertiary/aromatic N) is 2. The molecule has 3 N–H and O–H groups in total. The van der Waals surface area contributed by atoms with Crippen molar-refractivity contribution in [2.75, 3.05) is 13.1 Å². The number of halogens is 1. The summed E-state index contributed by atoms with van der Waals surface area (Å²) in [6, 6.07) is 6.51. The van der Waals surface area contributed by atoms with E-state index >= 15 is 0 Å².